The Morgan fingerprint density at radius 3 is 2.32 bits per heavy atom. The van der Waals surface area contributed by atoms with Crippen molar-refractivity contribution in [2.75, 3.05) is 0 Å². The number of carbonyl (C=O) groups is 1. The van der Waals surface area contributed by atoms with Crippen LogP contribution in [-0.2, 0) is 0 Å². The number of nitrogens with zero attached hydrogens (tertiary/aromatic N) is 1. The molecular formula is C17H8BrNO3. The van der Waals surface area contributed by atoms with E-state index >= 15 is 0 Å². The molecule has 5 heteroatoms. The summed E-state index contributed by atoms with van der Waals surface area (Å²) in [6.07, 6.45) is 0. The van der Waals surface area contributed by atoms with Gasteiger partial charge in [-0.05, 0) is 39.2 Å². The standard InChI is InChI=1S/C17H8BrNO3/c18-14-8-13-9-4-1-2-5-10(9)17(20)12-7-3-6-11(15(12)13)16(14)19(21)22/h1-8H. The zero-order valence-electron chi connectivity index (χ0n) is 11.2. The lowest BCUT2D eigenvalue weighted by Gasteiger charge is -2.20. The molecule has 0 aliphatic heterocycles. The van der Waals surface area contributed by atoms with Crippen LogP contribution in [0.25, 0.3) is 21.9 Å². The van der Waals surface area contributed by atoms with Crippen LogP contribution in [0.4, 0.5) is 5.69 Å². The molecule has 0 saturated carbocycles. The number of hydrogen-bond donors (Lipinski definition) is 0. The number of carbonyl (C=O) groups excluding carboxylic acids is 1. The Hall–Kier alpha value is -2.53. The van der Waals surface area contributed by atoms with Crippen molar-refractivity contribution in [2.45, 2.75) is 0 Å². The van der Waals surface area contributed by atoms with Crippen LogP contribution in [0.2, 0.25) is 0 Å². The van der Waals surface area contributed by atoms with Crippen LogP contribution in [0.5, 0.6) is 0 Å². The van der Waals surface area contributed by atoms with Gasteiger partial charge >= 0.3 is 0 Å². The van der Waals surface area contributed by atoms with E-state index in [0.29, 0.717) is 26.4 Å². The molecule has 3 aromatic rings. The van der Waals surface area contributed by atoms with Gasteiger partial charge in [-0.2, -0.15) is 0 Å². The molecule has 1 aliphatic rings. The molecule has 0 aromatic heterocycles. The van der Waals surface area contributed by atoms with Crippen LogP contribution >= 0.6 is 15.9 Å². The van der Waals surface area contributed by atoms with Crippen LogP contribution in [0.1, 0.15) is 15.9 Å². The molecule has 0 atom stereocenters. The van der Waals surface area contributed by atoms with E-state index in [1.54, 1.807) is 30.3 Å². The summed E-state index contributed by atoms with van der Waals surface area (Å²) in [5.41, 5.74) is 2.79. The third-order valence-corrected chi connectivity index (χ3v) is 4.58. The first-order chi connectivity index (χ1) is 10.6. The highest BCUT2D eigenvalue weighted by Crippen LogP contribution is 2.45. The smallest absolute Gasteiger partial charge is 0.289 e. The molecule has 0 bridgehead atoms. The van der Waals surface area contributed by atoms with Gasteiger partial charge in [0, 0.05) is 16.5 Å². The predicted octanol–water partition coefficient (Wildman–Crippen LogP) is 4.72. The molecule has 4 nitrogen and oxygen atoms in total. The van der Waals surface area contributed by atoms with E-state index in [1.165, 1.54) is 0 Å². The Bertz CT molecular complexity index is 995. The molecule has 4 rings (SSSR count). The van der Waals surface area contributed by atoms with Gasteiger partial charge in [-0.1, -0.05) is 36.4 Å². The van der Waals surface area contributed by atoms with Gasteiger partial charge in [0.25, 0.3) is 5.69 Å². The number of hydrogen-bond acceptors (Lipinski definition) is 3. The topological polar surface area (TPSA) is 60.2 Å². The van der Waals surface area contributed by atoms with E-state index in [1.807, 2.05) is 18.2 Å². The van der Waals surface area contributed by atoms with Gasteiger partial charge in [0.15, 0.2) is 5.78 Å². The van der Waals surface area contributed by atoms with Crippen molar-refractivity contribution in [3.8, 4) is 11.1 Å². The van der Waals surface area contributed by atoms with Crippen molar-refractivity contribution in [3.63, 3.8) is 0 Å². The lowest BCUT2D eigenvalue weighted by atomic mass is 9.82. The molecule has 22 heavy (non-hydrogen) atoms. The Morgan fingerprint density at radius 1 is 0.909 bits per heavy atom. The van der Waals surface area contributed by atoms with E-state index in [4.69, 9.17) is 0 Å². The van der Waals surface area contributed by atoms with Crippen LogP contribution in [0.15, 0.2) is 53.0 Å². The number of ketones is 1. The molecule has 3 aromatic carbocycles. The first-order valence-corrected chi connectivity index (χ1v) is 7.42. The Balaban J connectivity index is 2.27. The summed E-state index contributed by atoms with van der Waals surface area (Å²) in [5, 5.41) is 12.5. The average Bonchev–Trinajstić information content (AvgIpc) is 2.51. The summed E-state index contributed by atoms with van der Waals surface area (Å²) in [6, 6.07) is 14.2. The van der Waals surface area contributed by atoms with Gasteiger partial charge in [0.05, 0.1) is 14.8 Å². The maximum atomic E-state index is 12.7. The molecule has 106 valence electrons. The summed E-state index contributed by atoms with van der Waals surface area (Å²) in [4.78, 5) is 23.6. The first kappa shape index (κ1) is 13.2. The maximum absolute atomic E-state index is 12.7. The van der Waals surface area contributed by atoms with Crippen molar-refractivity contribution < 1.29 is 9.72 Å². The minimum Gasteiger partial charge on any atom is -0.289 e. The SMILES string of the molecule is O=C1c2ccccc2-c2cc(Br)c([N+](=O)[O-])c3cccc1c23. The number of nitro benzene ring substituents is 1. The third-order valence-electron chi connectivity index (χ3n) is 3.98. The first-order valence-electron chi connectivity index (χ1n) is 6.63. The average molecular weight is 354 g/mol. The summed E-state index contributed by atoms with van der Waals surface area (Å²) < 4.78 is 0.418. The summed E-state index contributed by atoms with van der Waals surface area (Å²) in [5.74, 6) is -0.0923. The van der Waals surface area contributed by atoms with Gasteiger partial charge in [-0.3, -0.25) is 14.9 Å². The second-order valence-corrected chi connectivity index (χ2v) is 5.97. The van der Waals surface area contributed by atoms with E-state index in [0.717, 1.165) is 11.1 Å². The molecule has 0 spiro atoms. The molecular weight excluding hydrogens is 346 g/mol. The van der Waals surface area contributed by atoms with Gasteiger partial charge in [0.1, 0.15) is 0 Å². The summed E-state index contributed by atoms with van der Waals surface area (Å²) in [7, 11) is 0. The number of benzene rings is 3. The fraction of sp³-hybridized carbons (Fsp3) is 0. The molecule has 0 N–H and O–H groups in total. The number of nitro groups is 1. The van der Waals surface area contributed by atoms with Gasteiger partial charge < -0.3 is 0 Å². The van der Waals surface area contributed by atoms with Crippen molar-refractivity contribution in [1.82, 2.24) is 0 Å². The van der Waals surface area contributed by atoms with Crippen LogP contribution < -0.4 is 0 Å². The lowest BCUT2D eigenvalue weighted by Crippen LogP contribution is -2.10. The minimum absolute atomic E-state index is 0.00668. The molecule has 0 fully saturated rings. The summed E-state index contributed by atoms with van der Waals surface area (Å²) in [6.45, 7) is 0. The molecule has 0 amide bonds. The van der Waals surface area contributed by atoms with Crippen LogP contribution in [-0.4, -0.2) is 10.7 Å². The quantitative estimate of drug-likeness (QED) is 0.367. The van der Waals surface area contributed by atoms with Crippen LogP contribution in [0.3, 0.4) is 0 Å². The number of fused-ring (bicyclic) bond motifs is 2. The number of halogens is 1. The second kappa shape index (κ2) is 4.48. The van der Waals surface area contributed by atoms with Crippen LogP contribution in [0, 0.1) is 10.1 Å². The third kappa shape index (κ3) is 1.60. The molecule has 0 heterocycles. The highest BCUT2D eigenvalue weighted by atomic mass is 79.9. The predicted molar refractivity (Wildman–Crippen MR) is 87.2 cm³/mol. The highest BCUT2D eigenvalue weighted by molar-refractivity contribution is 9.10. The van der Waals surface area contributed by atoms with E-state index in [2.05, 4.69) is 15.9 Å². The lowest BCUT2D eigenvalue weighted by molar-refractivity contribution is -0.383. The number of rotatable bonds is 1. The maximum Gasteiger partial charge on any atom is 0.291 e. The van der Waals surface area contributed by atoms with Gasteiger partial charge in [-0.15, -0.1) is 0 Å². The Kier molecular flexibility index (Phi) is 2.68. The van der Waals surface area contributed by atoms with Gasteiger partial charge in [-0.25, -0.2) is 0 Å². The second-order valence-electron chi connectivity index (χ2n) is 5.11. The normalized spacial score (nSPS) is 12.3. The Labute approximate surface area is 133 Å². The van der Waals surface area contributed by atoms with Crippen molar-refractivity contribution in [1.29, 1.82) is 0 Å². The fourth-order valence-corrected chi connectivity index (χ4v) is 3.67. The zero-order chi connectivity index (χ0) is 15.4. The molecule has 0 saturated heterocycles. The van der Waals surface area contributed by atoms with E-state index in [-0.39, 0.29) is 11.5 Å². The van der Waals surface area contributed by atoms with E-state index in [9.17, 15) is 14.9 Å². The molecule has 0 radical (unpaired) electrons. The zero-order valence-corrected chi connectivity index (χ0v) is 12.8. The Morgan fingerprint density at radius 2 is 1.59 bits per heavy atom. The highest BCUT2D eigenvalue weighted by Gasteiger charge is 2.29. The molecule has 0 unspecified atom stereocenters. The van der Waals surface area contributed by atoms with Crippen molar-refractivity contribution >= 4 is 38.2 Å². The molecule has 1 aliphatic carbocycles. The monoisotopic (exact) mass is 353 g/mol. The largest absolute Gasteiger partial charge is 0.291 e. The minimum atomic E-state index is -0.419. The van der Waals surface area contributed by atoms with Crippen molar-refractivity contribution in [3.05, 3.63) is 74.2 Å². The van der Waals surface area contributed by atoms with Gasteiger partial charge in [0.2, 0.25) is 0 Å². The van der Waals surface area contributed by atoms with E-state index < -0.39 is 4.92 Å². The summed E-state index contributed by atoms with van der Waals surface area (Å²) >= 11 is 3.30. The fourth-order valence-electron chi connectivity index (χ4n) is 3.08. The van der Waals surface area contributed by atoms with Crippen molar-refractivity contribution in [2.24, 2.45) is 0 Å².